The van der Waals surface area contributed by atoms with Crippen LogP contribution in [0.4, 0.5) is 0 Å². The highest BCUT2D eigenvalue weighted by atomic mass is 32.2. The van der Waals surface area contributed by atoms with Crippen LogP contribution in [0.2, 0.25) is 0 Å². The first-order valence-electron chi connectivity index (χ1n) is 8.55. The SMILES string of the molecule is CSc1ccc(OCCCC(=O)c2ccc(CCC(C)(C)N)s2)cc1. The Morgan fingerprint density at radius 3 is 2.56 bits per heavy atom. The van der Waals surface area contributed by atoms with E-state index in [4.69, 9.17) is 10.5 Å². The zero-order valence-corrected chi connectivity index (χ0v) is 16.8. The van der Waals surface area contributed by atoms with Gasteiger partial charge in [0.05, 0.1) is 11.5 Å². The molecule has 0 aliphatic carbocycles. The molecule has 0 bridgehead atoms. The maximum Gasteiger partial charge on any atom is 0.172 e. The minimum Gasteiger partial charge on any atom is -0.494 e. The molecule has 0 aliphatic rings. The van der Waals surface area contributed by atoms with Crippen LogP contribution in [-0.2, 0) is 6.42 Å². The van der Waals surface area contributed by atoms with Gasteiger partial charge in [-0.2, -0.15) is 0 Å². The van der Waals surface area contributed by atoms with Crippen LogP contribution in [-0.4, -0.2) is 24.2 Å². The van der Waals surface area contributed by atoms with Gasteiger partial charge in [-0.3, -0.25) is 4.79 Å². The lowest BCUT2D eigenvalue weighted by Crippen LogP contribution is -2.32. The lowest BCUT2D eigenvalue weighted by atomic mass is 10.00. The van der Waals surface area contributed by atoms with Crippen LogP contribution in [0, 0.1) is 0 Å². The molecule has 0 unspecified atom stereocenters. The number of nitrogens with two attached hydrogens (primary N) is 1. The number of Topliss-reactive ketones (excluding diaryl/α,β-unsaturated/α-hetero) is 1. The number of hydrogen-bond acceptors (Lipinski definition) is 5. The number of thiophene rings is 1. The molecule has 136 valence electrons. The number of rotatable bonds is 10. The number of carbonyl (C=O) groups is 1. The van der Waals surface area contributed by atoms with E-state index in [0.717, 1.165) is 29.9 Å². The van der Waals surface area contributed by atoms with E-state index in [-0.39, 0.29) is 11.3 Å². The fourth-order valence-electron chi connectivity index (χ4n) is 2.33. The van der Waals surface area contributed by atoms with Crippen molar-refractivity contribution in [2.45, 2.75) is 50.0 Å². The lowest BCUT2D eigenvalue weighted by Gasteiger charge is -2.17. The molecule has 1 aromatic heterocycles. The van der Waals surface area contributed by atoms with E-state index in [1.165, 1.54) is 9.77 Å². The third kappa shape index (κ3) is 7.22. The Morgan fingerprint density at radius 2 is 1.92 bits per heavy atom. The largest absolute Gasteiger partial charge is 0.494 e. The molecule has 2 rings (SSSR count). The van der Waals surface area contributed by atoms with Crippen molar-refractivity contribution in [3.05, 3.63) is 46.2 Å². The first-order chi connectivity index (χ1) is 11.9. The molecule has 0 atom stereocenters. The lowest BCUT2D eigenvalue weighted by molar-refractivity contribution is 0.0977. The van der Waals surface area contributed by atoms with E-state index in [9.17, 15) is 4.79 Å². The van der Waals surface area contributed by atoms with Gasteiger partial charge in [0.25, 0.3) is 0 Å². The molecule has 0 spiro atoms. The minimum absolute atomic E-state index is 0.167. The van der Waals surface area contributed by atoms with Crippen molar-refractivity contribution in [1.29, 1.82) is 0 Å². The number of benzene rings is 1. The Bertz CT molecular complexity index is 672. The molecular weight excluding hydrogens is 350 g/mol. The van der Waals surface area contributed by atoms with Gasteiger partial charge >= 0.3 is 0 Å². The van der Waals surface area contributed by atoms with Crippen LogP contribution in [0.25, 0.3) is 0 Å². The van der Waals surface area contributed by atoms with Crippen LogP contribution >= 0.6 is 23.1 Å². The summed E-state index contributed by atoms with van der Waals surface area (Å²) in [5, 5.41) is 0. The highest BCUT2D eigenvalue weighted by Crippen LogP contribution is 2.22. The number of hydrogen-bond donors (Lipinski definition) is 1. The summed E-state index contributed by atoms with van der Waals surface area (Å²) < 4.78 is 5.70. The number of carbonyl (C=O) groups excluding carboxylic acids is 1. The van der Waals surface area contributed by atoms with Crippen LogP contribution in [0.1, 0.15) is 47.7 Å². The van der Waals surface area contributed by atoms with Gasteiger partial charge in [-0.1, -0.05) is 0 Å². The van der Waals surface area contributed by atoms with Gasteiger partial charge in [0.1, 0.15) is 5.75 Å². The molecule has 0 saturated heterocycles. The first kappa shape index (κ1) is 20.0. The average molecular weight is 378 g/mol. The predicted octanol–water partition coefficient (Wildman–Crippen LogP) is 5.18. The van der Waals surface area contributed by atoms with E-state index in [1.807, 2.05) is 56.5 Å². The third-order valence-electron chi connectivity index (χ3n) is 3.83. The third-order valence-corrected chi connectivity index (χ3v) is 5.76. The maximum atomic E-state index is 12.3. The summed E-state index contributed by atoms with van der Waals surface area (Å²) in [4.78, 5) is 15.6. The molecule has 25 heavy (non-hydrogen) atoms. The molecule has 0 aliphatic heterocycles. The Labute approximate surface area is 159 Å². The zero-order valence-electron chi connectivity index (χ0n) is 15.2. The van der Waals surface area contributed by atoms with Crippen molar-refractivity contribution in [1.82, 2.24) is 0 Å². The van der Waals surface area contributed by atoms with Crippen molar-refractivity contribution in [3.63, 3.8) is 0 Å². The molecular formula is C20H27NO2S2. The molecule has 0 radical (unpaired) electrons. The maximum absolute atomic E-state index is 12.3. The van der Waals surface area contributed by atoms with E-state index in [1.54, 1.807) is 23.1 Å². The van der Waals surface area contributed by atoms with Crippen LogP contribution < -0.4 is 10.5 Å². The summed E-state index contributed by atoms with van der Waals surface area (Å²) in [6.07, 6.45) is 5.15. The predicted molar refractivity (Wildman–Crippen MR) is 108 cm³/mol. The van der Waals surface area contributed by atoms with Crippen LogP contribution in [0.3, 0.4) is 0 Å². The topological polar surface area (TPSA) is 52.3 Å². The van der Waals surface area contributed by atoms with Crippen LogP contribution in [0.15, 0.2) is 41.3 Å². The minimum atomic E-state index is -0.167. The van der Waals surface area contributed by atoms with E-state index in [2.05, 4.69) is 0 Å². The number of thioether (sulfide) groups is 1. The van der Waals surface area contributed by atoms with Gasteiger partial charge in [-0.05, 0) is 75.8 Å². The van der Waals surface area contributed by atoms with Gasteiger partial charge in [0, 0.05) is 21.7 Å². The van der Waals surface area contributed by atoms with E-state index < -0.39 is 0 Å². The second-order valence-electron chi connectivity index (χ2n) is 6.81. The molecule has 3 nitrogen and oxygen atoms in total. The smallest absolute Gasteiger partial charge is 0.172 e. The Morgan fingerprint density at radius 1 is 1.20 bits per heavy atom. The Balaban J connectivity index is 1.72. The summed E-state index contributed by atoms with van der Waals surface area (Å²) in [5.74, 6) is 1.05. The second kappa shape index (κ2) is 9.41. The fraction of sp³-hybridized carbons (Fsp3) is 0.450. The zero-order chi connectivity index (χ0) is 18.3. The second-order valence-corrected chi connectivity index (χ2v) is 8.85. The summed E-state index contributed by atoms with van der Waals surface area (Å²) in [7, 11) is 0. The standard InChI is InChI=1S/C20H27NO2S2/c1-20(2,21)13-12-17-10-11-19(25-17)18(22)5-4-14-23-15-6-8-16(24-3)9-7-15/h6-11H,4-5,12-14,21H2,1-3H3. The summed E-state index contributed by atoms with van der Waals surface area (Å²) in [6.45, 7) is 4.62. The monoisotopic (exact) mass is 377 g/mol. The summed E-state index contributed by atoms with van der Waals surface area (Å²) in [5.41, 5.74) is 5.85. The number of aryl methyl sites for hydroxylation is 1. The van der Waals surface area contributed by atoms with Gasteiger partial charge in [0.15, 0.2) is 5.78 Å². The average Bonchev–Trinajstić information content (AvgIpc) is 3.06. The molecule has 2 N–H and O–H groups in total. The molecule has 2 aromatic rings. The van der Waals surface area contributed by atoms with Crippen molar-refractivity contribution in [2.24, 2.45) is 5.73 Å². The Kier molecular flexibility index (Phi) is 7.54. The van der Waals surface area contributed by atoms with E-state index in [0.29, 0.717) is 13.0 Å². The number of ketones is 1. The van der Waals surface area contributed by atoms with Crippen molar-refractivity contribution in [2.75, 3.05) is 12.9 Å². The normalized spacial score (nSPS) is 11.5. The molecule has 0 fully saturated rings. The molecule has 1 aromatic carbocycles. The number of ether oxygens (including phenoxy) is 1. The highest BCUT2D eigenvalue weighted by Gasteiger charge is 2.13. The van der Waals surface area contributed by atoms with Crippen molar-refractivity contribution in [3.8, 4) is 5.75 Å². The first-order valence-corrected chi connectivity index (χ1v) is 10.6. The molecule has 0 amide bonds. The molecule has 0 saturated carbocycles. The fourth-order valence-corrected chi connectivity index (χ4v) is 3.71. The summed E-state index contributed by atoms with van der Waals surface area (Å²) >= 11 is 3.30. The molecule has 5 heteroatoms. The van der Waals surface area contributed by atoms with Gasteiger partial charge in [-0.15, -0.1) is 23.1 Å². The van der Waals surface area contributed by atoms with E-state index >= 15 is 0 Å². The quantitative estimate of drug-likeness (QED) is 0.352. The van der Waals surface area contributed by atoms with Crippen molar-refractivity contribution < 1.29 is 9.53 Å². The molecule has 1 heterocycles. The highest BCUT2D eigenvalue weighted by molar-refractivity contribution is 7.98. The Hall–Kier alpha value is -1.30. The van der Waals surface area contributed by atoms with Crippen molar-refractivity contribution >= 4 is 28.9 Å². The van der Waals surface area contributed by atoms with Crippen LogP contribution in [0.5, 0.6) is 5.75 Å². The summed E-state index contributed by atoms with van der Waals surface area (Å²) in [6, 6.07) is 12.0. The van der Waals surface area contributed by atoms with Gasteiger partial charge in [0.2, 0.25) is 0 Å². The van der Waals surface area contributed by atoms with Gasteiger partial charge in [-0.25, -0.2) is 0 Å². The van der Waals surface area contributed by atoms with Gasteiger partial charge < -0.3 is 10.5 Å².